The molecule has 0 heterocycles. The Kier molecular flexibility index (Phi) is 3.36. The first-order chi connectivity index (χ1) is 6.00. The second-order valence-electron chi connectivity index (χ2n) is 4.96. The van der Waals surface area contributed by atoms with E-state index in [2.05, 4.69) is 20.8 Å². The fraction of sp³-hybridized carbons (Fsp3) is 1.00. The summed E-state index contributed by atoms with van der Waals surface area (Å²) in [7, 11) is 1.74. The fourth-order valence-electron chi connectivity index (χ4n) is 2.61. The van der Waals surface area contributed by atoms with Crippen molar-refractivity contribution in [2.24, 2.45) is 17.3 Å². The summed E-state index contributed by atoms with van der Waals surface area (Å²) in [5.74, 6) is 1.05. The summed E-state index contributed by atoms with van der Waals surface area (Å²) < 4.78 is 5.09. The van der Waals surface area contributed by atoms with Crippen molar-refractivity contribution in [1.82, 2.24) is 0 Å². The minimum Gasteiger partial charge on any atom is -0.392 e. The van der Waals surface area contributed by atoms with Crippen LogP contribution in [-0.2, 0) is 4.74 Å². The van der Waals surface area contributed by atoms with Gasteiger partial charge in [0.15, 0.2) is 0 Å². The van der Waals surface area contributed by atoms with Gasteiger partial charge in [-0.05, 0) is 30.1 Å². The lowest BCUT2D eigenvalue weighted by atomic mass is 9.78. The molecule has 1 aliphatic carbocycles. The zero-order valence-corrected chi connectivity index (χ0v) is 9.21. The maximum atomic E-state index is 9.95. The molecule has 0 amide bonds. The number of methoxy groups -OCH3 is 1. The first-order valence-corrected chi connectivity index (χ1v) is 5.17. The first kappa shape index (κ1) is 11.0. The highest BCUT2D eigenvalue weighted by atomic mass is 16.5. The van der Waals surface area contributed by atoms with Gasteiger partial charge >= 0.3 is 0 Å². The Morgan fingerprint density at radius 1 is 1.46 bits per heavy atom. The van der Waals surface area contributed by atoms with Crippen LogP contribution in [0, 0.1) is 17.3 Å². The molecular formula is C11H22O2. The smallest absolute Gasteiger partial charge is 0.0619 e. The van der Waals surface area contributed by atoms with E-state index in [4.69, 9.17) is 4.74 Å². The Morgan fingerprint density at radius 2 is 2.08 bits per heavy atom. The Hall–Kier alpha value is -0.0800. The second-order valence-corrected chi connectivity index (χ2v) is 4.96. The van der Waals surface area contributed by atoms with Gasteiger partial charge in [0.1, 0.15) is 0 Å². The molecule has 1 aliphatic rings. The van der Waals surface area contributed by atoms with E-state index in [0.717, 1.165) is 19.4 Å². The van der Waals surface area contributed by atoms with E-state index in [1.165, 1.54) is 0 Å². The van der Waals surface area contributed by atoms with Crippen LogP contribution < -0.4 is 0 Å². The van der Waals surface area contributed by atoms with Gasteiger partial charge in [-0.3, -0.25) is 0 Å². The molecule has 0 aromatic heterocycles. The number of aliphatic hydroxyl groups is 1. The quantitative estimate of drug-likeness (QED) is 0.731. The van der Waals surface area contributed by atoms with Gasteiger partial charge in [0.2, 0.25) is 0 Å². The molecule has 3 atom stereocenters. The van der Waals surface area contributed by atoms with Crippen LogP contribution in [0.25, 0.3) is 0 Å². The fourth-order valence-corrected chi connectivity index (χ4v) is 2.61. The van der Waals surface area contributed by atoms with Crippen molar-refractivity contribution in [2.75, 3.05) is 13.7 Å². The van der Waals surface area contributed by atoms with Crippen molar-refractivity contribution >= 4 is 0 Å². The van der Waals surface area contributed by atoms with Gasteiger partial charge in [0.05, 0.1) is 6.10 Å². The molecule has 1 N–H and O–H groups in total. The highest BCUT2D eigenvalue weighted by Gasteiger charge is 2.45. The van der Waals surface area contributed by atoms with Crippen LogP contribution in [0.3, 0.4) is 0 Å². The second kappa shape index (κ2) is 3.97. The molecule has 0 unspecified atom stereocenters. The van der Waals surface area contributed by atoms with Crippen molar-refractivity contribution in [1.29, 1.82) is 0 Å². The Labute approximate surface area is 81.3 Å². The van der Waals surface area contributed by atoms with E-state index in [-0.39, 0.29) is 11.5 Å². The monoisotopic (exact) mass is 186 g/mol. The Bertz CT molecular complexity index is 165. The van der Waals surface area contributed by atoms with Gasteiger partial charge in [-0.1, -0.05) is 20.8 Å². The number of hydrogen-bond donors (Lipinski definition) is 1. The lowest BCUT2D eigenvalue weighted by Crippen LogP contribution is -2.31. The van der Waals surface area contributed by atoms with Crippen LogP contribution in [-0.4, -0.2) is 24.9 Å². The topological polar surface area (TPSA) is 29.5 Å². The molecule has 2 heteroatoms. The van der Waals surface area contributed by atoms with E-state index in [0.29, 0.717) is 11.8 Å². The summed E-state index contributed by atoms with van der Waals surface area (Å²) in [5.41, 5.74) is 0.0674. The zero-order valence-electron chi connectivity index (χ0n) is 9.21. The standard InChI is InChI=1S/C11H22O2/c1-8-7-9(5-6-13-4)11(2,3)10(8)12/h8-10,12H,5-7H2,1-4H3/t8-,9+,10-/m1/s1. The van der Waals surface area contributed by atoms with Crippen molar-refractivity contribution in [2.45, 2.75) is 39.7 Å². The Balaban J connectivity index is 2.56. The largest absolute Gasteiger partial charge is 0.392 e. The highest BCUT2D eigenvalue weighted by molar-refractivity contribution is 4.95. The van der Waals surface area contributed by atoms with E-state index < -0.39 is 0 Å². The number of rotatable bonds is 3. The average molecular weight is 186 g/mol. The van der Waals surface area contributed by atoms with Gasteiger partial charge in [0.25, 0.3) is 0 Å². The minimum absolute atomic E-state index is 0.0674. The molecule has 0 saturated heterocycles. The van der Waals surface area contributed by atoms with Gasteiger partial charge in [-0.2, -0.15) is 0 Å². The molecule has 0 spiro atoms. The number of hydrogen-bond acceptors (Lipinski definition) is 2. The summed E-state index contributed by atoms with van der Waals surface area (Å²) in [4.78, 5) is 0. The molecule has 1 saturated carbocycles. The highest BCUT2D eigenvalue weighted by Crippen LogP contribution is 2.47. The maximum Gasteiger partial charge on any atom is 0.0619 e. The lowest BCUT2D eigenvalue weighted by Gasteiger charge is -2.30. The van der Waals surface area contributed by atoms with Crippen LogP contribution in [0.2, 0.25) is 0 Å². The van der Waals surface area contributed by atoms with Crippen LogP contribution in [0.1, 0.15) is 33.6 Å². The molecule has 1 rings (SSSR count). The van der Waals surface area contributed by atoms with Crippen molar-refractivity contribution in [3.05, 3.63) is 0 Å². The van der Waals surface area contributed by atoms with Gasteiger partial charge in [-0.25, -0.2) is 0 Å². The van der Waals surface area contributed by atoms with E-state index >= 15 is 0 Å². The molecule has 13 heavy (non-hydrogen) atoms. The summed E-state index contributed by atoms with van der Waals surface area (Å²) in [6.07, 6.45) is 2.07. The molecule has 1 fully saturated rings. The lowest BCUT2D eigenvalue weighted by molar-refractivity contribution is 0.0267. The predicted molar refractivity (Wildman–Crippen MR) is 53.6 cm³/mol. The Morgan fingerprint density at radius 3 is 2.46 bits per heavy atom. The van der Waals surface area contributed by atoms with Gasteiger partial charge < -0.3 is 9.84 Å². The molecule has 78 valence electrons. The third-order valence-electron chi connectivity index (χ3n) is 3.68. The molecule has 0 aliphatic heterocycles. The summed E-state index contributed by atoms with van der Waals surface area (Å²) in [5, 5.41) is 9.95. The van der Waals surface area contributed by atoms with E-state index in [9.17, 15) is 5.11 Å². The summed E-state index contributed by atoms with van der Waals surface area (Å²) >= 11 is 0. The average Bonchev–Trinajstić information content (AvgIpc) is 2.26. The molecule has 0 aromatic rings. The van der Waals surface area contributed by atoms with Crippen molar-refractivity contribution in [3.8, 4) is 0 Å². The van der Waals surface area contributed by atoms with Crippen LogP contribution in [0.5, 0.6) is 0 Å². The minimum atomic E-state index is -0.144. The van der Waals surface area contributed by atoms with Crippen LogP contribution in [0.4, 0.5) is 0 Å². The van der Waals surface area contributed by atoms with E-state index in [1.54, 1.807) is 7.11 Å². The SMILES string of the molecule is COCC[C@H]1C[C@@H](C)[C@@H](O)C1(C)C. The number of aliphatic hydroxyl groups excluding tert-OH is 1. The van der Waals surface area contributed by atoms with Crippen molar-refractivity contribution < 1.29 is 9.84 Å². The third-order valence-corrected chi connectivity index (χ3v) is 3.68. The van der Waals surface area contributed by atoms with Crippen LogP contribution >= 0.6 is 0 Å². The predicted octanol–water partition coefficient (Wildman–Crippen LogP) is 2.07. The van der Waals surface area contributed by atoms with Crippen LogP contribution in [0.15, 0.2) is 0 Å². The zero-order chi connectivity index (χ0) is 10.1. The molecule has 0 radical (unpaired) electrons. The summed E-state index contributed by atoms with van der Waals surface area (Å²) in [6, 6.07) is 0. The first-order valence-electron chi connectivity index (χ1n) is 5.17. The van der Waals surface area contributed by atoms with Gasteiger partial charge in [-0.15, -0.1) is 0 Å². The summed E-state index contributed by atoms with van der Waals surface area (Å²) in [6.45, 7) is 7.29. The maximum absolute atomic E-state index is 9.95. The molecular weight excluding hydrogens is 164 g/mol. The third kappa shape index (κ3) is 2.05. The normalized spacial score (nSPS) is 38.1. The molecule has 2 nitrogen and oxygen atoms in total. The van der Waals surface area contributed by atoms with E-state index in [1.807, 2.05) is 0 Å². The number of ether oxygens (including phenoxy) is 1. The molecule has 0 aromatic carbocycles. The van der Waals surface area contributed by atoms with Gasteiger partial charge in [0, 0.05) is 13.7 Å². The van der Waals surface area contributed by atoms with Crippen molar-refractivity contribution in [3.63, 3.8) is 0 Å². The molecule has 0 bridgehead atoms.